The summed E-state index contributed by atoms with van der Waals surface area (Å²) in [6, 6.07) is 15.3. The summed E-state index contributed by atoms with van der Waals surface area (Å²) in [6.45, 7) is 2.13. The van der Waals surface area contributed by atoms with Crippen molar-refractivity contribution in [2.24, 2.45) is 0 Å². The fourth-order valence-corrected chi connectivity index (χ4v) is 2.19. The third kappa shape index (κ3) is 4.17. The number of rotatable bonds is 7. The van der Waals surface area contributed by atoms with Crippen molar-refractivity contribution in [2.45, 2.75) is 26.4 Å². The Morgan fingerprint density at radius 2 is 1.90 bits per heavy atom. The first-order valence-electron chi connectivity index (χ1n) is 7.18. The van der Waals surface area contributed by atoms with Crippen molar-refractivity contribution in [3.8, 4) is 5.75 Å². The molecule has 0 saturated carbocycles. The number of Topliss-reactive ketones (excluding diaryl/α,β-unsaturated/α-hetero) is 1. The van der Waals surface area contributed by atoms with Crippen LogP contribution in [0.15, 0.2) is 48.5 Å². The molecule has 3 heteroatoms. The fourth-order valence-electron chi connectivity index (χ4n) is 2.19. The Balaban J connectivity index is 2.16. The van der Waals surface area contributed by atoms with E-state index >= 15 is 0 Å². The molecule has 0 radical (unpaired) electrons. The van der Waals surface area contributed by atoms with Crippen LogP contribution >= 0.6 is 0 Å². The van der Waals surface area contributed by atoms with Gasteiger partial charge in [0.15, 0.2) is 5.78 Å². The second-order valence-corrected chi connectivity index (χ2v) is 4.93. The van der Waals surface area contributed by atoms with Crippen molar-refractivity contribution in [3.05, 3.63) is 65.2 Å². The molecule has 0 spiro atoms. The zero-order valence-electron chi connectivity index (χ0n) is 12.2. The van der Waals surface area contributed by atoms with Crippen molar-refractivity contribution in [1.29, 1.82) is 0 Å². The molecule has 1 N–H and O–H groups in total. The first-order valence-corrected chi connectivity index (χ1v) is 7.18. The zero-order chi connectivity index (χ0) is 15.1. The van der Waals surface area contributed by atoms with Crippen LogP contribution in [0.25, 0.3) is 0 Å². The predicted octanol–water partition coefficient (Wildman–Crippen LogP) is 3.39. The molecule has 0 aliphatic rings. The van der Waals surface area contributed by atoms with E-state index in [1.165, 1.54) is 0 Å². The van der Waals surface area contributed by atoms with Crippen molar-refractivity contribution < 1.29 is 14.6 Å². The molecule has 110 valence electrons. The van der Waals surface area contributed by atoms with E-state index in [-0.39, 0.29) is 5.78 Å². The van der Waals surface area contributed by atoms with Gasteiger partial charge in [0.1, 0.15) is 19.0 Å². The third-order valence-corrected chi connectivity index (χ3v) is 3.28. The van der Waals surface area contributed by atoms with Gasteiger partial charge in [0.2, 0.25) is 0 Å². The largest absolute Gasteiger partial charge is 0.489 e. The lowest BCUT2D eigenvalue weighted by Gasteiger charge is -2.12. The van der Waals surface area contributed by atoms with Crippen molar-refractivity contribution in [2.75, 3.05) is 6.61 Å². The van der Waals surface area contributed by atoms with Gasteiger partial charge < -0.3 is 9.84 Å². The molecule has 0 fully saturated rings. The van der Waals surface area contributed by atoms with E-state index in [9.17, 15) is 4.79 Å². The van der Waals surface area contributed by atoms with Crippen LogP contribution in [-0.4, -0.2) is 17.5 Å². The van der Waals surface area contributed by atoms with Crippen LogP contribution in [0, 0.1) is 0 Å². The van der Waals surface area contributed by atoms with Crippen molar-refractivity contribution >= 4 is 5.78 Å². The summed E-state index contributed by atoms with van der Waals surface area (Å²) in [5.74, 6) is 0.539. The summed E-state index contributed by atoms with van der Waals surface area (Å²) in [5, 5.41) is 8.95. The molecule has 2 aromatic rings. The molecule has 0 saturated heterocycles. The minimum atomic E-state index is -0.463. The molecule has 0 amide bonds. The molecule has 0 unspecified atom stereocenters. The minimum Gasteiger partial charge on any atom is -0.489 e. The highest BCUT2D eigenvalue weighted by molar-refractivity contribution is 5.97. The minimum absolute atomic E-state index is 0.262. The van der Waals surface area contributed by atoms with Gasteiger partial charge in [0, 0.05) is 5.56 Å². The molecular weight excluding hydrogens is 264 g/mol. The van der Waals surface area contributed by atoms with Crippen molar-refractivity contribution in [1.82, 2.24) is 0 Å². The normalized spacial score (nSPS) is 10.4. The number of ketones is 1. The van der Waals surface area contributed by atoms with Crippen molar-refractivity contribution in [3.63, 3.8) is 0 Å². The molecule has 0 aliphatic carbocycles. The first kappa shape index (κ1) is 15.3. The average molecular weight is 284 g/mol. The Hall–Kier alpha value is -2.13. The molecule has 0 aromatic heterocycles. The van der Waals surface area contributed by atoms with Gasteiger partial charge >= 0.3 is 0 Å². The summed E-state index contributed by atoms with van der Waals surface area (Å²) >= 11 is 0. The fraction of sp³-hybridized carbons (Fsp3) is 0.278. The number of hydrogen-bond acceptors (Lipinski definition) is 3. The second-order valence-electron chi connectivity index (χ2n) is 4.93. The SMILES string of the molecule is CCCc1cc(C(=O)CO)ccc1OCc1ccccc1. The van der Waals surface area contributed by atoms with Crippen LogP contribution in [0.1, 0.15) is 34.8 Å². The monoisotopic (exact) mass is 284 g/mol. The van der Waals surface area contributed by atoms with E-state index in [2.05, 4.69) is 6.92 Å². The number of aryl methyl sites for hydroxylation is 1. The van der Waals surface area contributed by atoms with Crippen LogP contribution in [0.3, 0.4) is 0 Å². The maximum Gasteiger partial charge on any atom is 0.188 e. The number of aliphatic hydroxyl groups excluding tert-OH is 1. The van der Waals surface area contributed by atoms with Crippen LogP contribution in [0.5, 0.6) is 5.75 Å². The molecule has 0 atom stereocenters. The van der Waals surface area contributed by atoms with E-state index in [0.717, 1.165) is 29.7 Å². The second kappa shape index (κ2) is 7.60. The molecule has 0 aliphatic heterocycles. The lowest BCUT2D eigenvalue weighted by molar-refractivity contribution is 0.0903. The molecular formula is C18H20O3. The van der Waals surface area contributed by atoms with Crippen LogP contribution in [0.2, 0.25) is 0 Å². The van der Waals surface area contributed by atoms with Gasteiger partial charge in [-0.3, -0.25) is 4.79 Å². The summed E-state index contributed by atoms with van der Waals surface area (Å²) in [6.07, 6.45) is 1.81. The van der Waals surface area contributed by atoms with Gasteiger partial charge in [-0.25, -0.2) is 0 Å². The highest BCUT2D eigenvalue weighted by atomic mass is 16.5. The summed E-state index contributed by atoms with van der Waals surface area (Å²) < 4.78 is 5.87. The van der Waals surface area contributed by atoms with E-state index in [0.29, 0.717) is 12.2 Å². The molecule has 2 rings (SSSR count). The molecule has 3 nitrogen and oxygen atoms in total. The molecule has 0 heterocycles. The smallest absolute Gasteiger partial charge is 0.188 e. The topological polar surface area (TPSA) is 46.5 Å². The highest BCUT2D eigenvalue weighted by Gasteiger charge is 2.09. The third-order valence-electron chi connectivity index (χ3n) is 3.28. The van der Waals surface area contributed by atoms with Crippen LogP contribution in [-0.2, 0) is 13.0 Å². The Morgan fingerprint density at radius 3 is 2.57 bits per heavy atom. The number of ether oxygens (including phenoxy) is 1. The van der Waals surface area contributed by atoms with Gasteiger partial charge in [-0.2, -0.15) is 0 Å². The van der Waals surface area contributed by atoms with Gasteiger partial charge in [-0.05, 0) is 35.7 Å². The van der Waals surface area contributed by atoms with E-state index in [1.807, 2.05) is 42.5 Å². The van der Waals surface area contributed by atoms with Gasteiger partial charge in [-0.1, -0.05) is 43.7 Å². The number of carbonyl (C=O) groups is 1. The highest BCUT2D eigenvalue weighted by Crippen LogP contribution is 2.23. The molecule has 21 heavy (non-hydrogen) atoms. The number of aliphatic hydroxyl groups is 1. The lowest BCUT2D eigenvalue weighted by Crippen LogP contribution is -2.06. The number of carbonyl (C=O) groups excluding carboxylic acids is 1. The number of hydrogen-bond donors (Lipinski definition) is 1. The zero-order valence-corrected chi connectivity index (χ0v) is 12.2. The summed E-state index contributed by atoms with van der Waals surface area (Å²) in [5.41, 5.74) is 2.65. The Labute approximate surface area is 125 Å². The molecule has 2 aromatic carbocycles. The lowest BCUT2D eigenvalue weighted by atomic mass is 10.0. The van der Waals surface area contributed by atoms with Gasteiger partial charge in [0.25, 0.3) is 0 Å². The predicted molar refractivity (Wildman–Crippen MR) is 82.6 cm³/mol. The molecule has 0 bridgehead atoms. The Bertz CT molecular complexity index is 591. The Morgan fingerprint density at radius 1 is 1.14 bits per heavy atom. The quantitative estimate of drug-likeness (QED) is 0.793. The maximum absolute atomic E-state index is 11.6. The first-order chi connectivity index (χ1) is 10.2. The van der Waals surface area contributed by atoms with Gasteiger partial charge in [-0.15, -0.1) is 0 Å². The van der Waals surface area contributed by atoms with Crippen LogP contribution < -0.4 is 4.74 Å². The van der Waals surface area contributed by atoms with Gasteiger partial charge in [0.05, 0.1) is 0 Å². The maximum atomic E-state index is 11.6. The number of benzene rings is 2. The van der Waals surface area contributed by atoms with E-state index < -0.39 is 6.61 Å². The average Bonchev–Trinajstić information content (AvgIpc) is 2.54. The van der Waals surface area contributed by atoms with E-state index in [1.54, 1.807) is 6.07 Å². The standard InChI is InChI=1S/C18H20O3/c1-2-6-16-11-15(17(20)12-19)9-10-18(16)21-13-14-7-4-3-5-8-14/h3-5,7-11,19H,2,6,12-13H2,1H3. The Kier molecular flexibility index (Phi) is 5.52. The van der Waals surface area contributed by atoms with Crippen LogP contribution in [0.4, 0.5) is 0 Å². The summed E-state index contributed by atoms with van der Waals surface area (Å²) in [4.78, 5) is 11.6. The van der Waals surface area contributed by atoms with E-state index in [4.69, 9.17) is 9.84 Å². The summed E-state index contributed by atoms with van der Waals surface area (Å²) in [7, 11) is 0.